The highest BCUT2D eigenvalue weighted by atomic mass is 79.9. The maximum absolute atomic E-state index is 13.8. The summed E-state index contributed by atoms with van der Waals surface area (Å²) in [5.41, 5.74) is 2.45. The second-order valence-corrected chi connectivity index (χ2v) is 6.62. The van der Waals surface area contributed by atoms with E-state index < -0.39 is 5.82 Å². The zero-order valence-electron chi connectivity index (χ0n) is 12.3. The number of hydrogen-bond donors (Lipinski definition) is 1. The van der Waals surface area contributed by atoms with Gasteiger partial charge in [-0.3, -0.25) is 0 Å². The summed E-state index contributed by atoms with van der Waals surface area (Å²) < 4.78 is 14.5. The molecule has 3 aromatic rings. The normalized spacial score (nSPS) is 11.1. The molecule has 0 fully saturated rings. The molecular formula is C18H11BrFN3S. The number of hydrogen-bond acceptors (Lipinski definition) is 4. The number of anilines is 1. The van der Waals surface area contributed by atoms with Crippen LogP contribution in [0.1, 0.15) is 5.01 Å². The lowest BCUT2D eigenvalue weighted by Crippen LogP contribution is -1.94. The van der Waals surface area contributed by atoms with Gasteiger partial charge in [0.05, 0.1) is 11.4 Å². The molecule has 3 rings (SSSR count). The molecule has 0 bridgehead atoms. The molecule has 1 aromatic heterocycles. The number of nitrogens with one attached hydrogen (secondary N) is 1. The average molecular weight is 400 g/mol. The summed E-state index contributed by atoms with van der Waals surface area (Å²) in [5.74, 6) is -0.401. The highest BCUT2D eigenvalue weighted by molar-refractivity contribution is 9.10. The fraction of sp³-hybridized carbons (Fsp3) is 0. The van der Waals surface area contributed by atoms with E-state index in [1.54, 1.807) is 12.1 Å². The van der Waals surface area contributed by atoms with E-state index in [1.807, 2.05) is 35.7 Å². The highest BCUT2D eigenvalue weighted by Crippen LogP contribution is 2.26. The minimum atomic E-state index is -0.401. The van der Waals surface area contributed by atoms with Crippen LogP contribution in [0.5, 0.6) is 0 Å². The molecule has 0 aliphatic heterocycles. The molecule has 1 N–H and O–H groups in total. The Morgan fingerprint density at radius 2 is 2.04 bits per heavy atom. The van der Waals surface area contributed by atoms with Crippen molar-refractivity contribution in [1.82, 2.24) is 4.98 Å². The van der Waals surface area contributed by atoms with Crippen molar-refractivity contribution in [3.05, 3.63) is 75.4 Å². The number of allylic oxidation sites excluding steroid dienone is 1. The number of halogens is 2. The third-order valence-corrected chi connectivity index (χ3v) is 4.60. The molecule has 0 atom stereocenters. The second-order valence-electron chi connectivity index (χ2n) is 4.84. The zero-order valence-corrected chi connectivity index (χ0v) is 14.7. The van der Waals surface area contributed by atoms with E-state index in [0.29, 0.717) is 20.7 Å². The number of rotatable bonds is 4. The standard InChI is InChI=1S/C18H11BrFN3S/c19-14-6-7-16(15(20)8-14)22-10-13(9-21)18-23-17(11-24-18)12-4-2-1-3-5-12/h1-8,10-11,22H/b13-10-. The largest absolute Gasteiger partial charge is 0.358 e. The van der Waals surface area contributed by atoms with Gasteiger partial charge in [0.15, 0.2) is 0 Å². The number of nitrogens with zero attached hydrogens (tertiary/aromatic N) is 2. The average Bonchev–Trinajstić information content (AvgIpc) is 3.08. The van der Waals surface area contributed by atoms with Crippen LogP contribution >= 0.6 is 27.3 Å². The maximum Gasteiger partial charge on any atom is 0.147 e. The summed E-state index contributed by atoms with van der Waals surface area (Å²) in [6.07, 6.45) is 1.47. The predicted molar refractivity (Wildman–Crippen MR) is 98.9 cm³/mol. The van der Waals surface area contributed by atoms with Crippen molar-refractivity contribution < 1.29 is 4.39 Å². The van der Waals surface area contributed by atoms with Gasteiger partial charge >= 0.3 is 0 Å². The minimum Gasteiger partial charge on any atom is -0.358 e. The van der Waals surface area contributed by atoms with Gasteiger partial charge in [0.1, 0.15) is 22.5 Å². The summed E-state index contributed by atoms with van der Waals surface area (Å²) in [7, 11) is 0. The zero-order chi connectivity index (χ0) is 16.9. The van der Waals surface area contributed by atoms with Crippen molar-refractivity contribution in [3.8, 4) is 17.3 Å². The Hall–Kier alpha value is -2.49. The van der Waals surface area contributed by atoms with Crippen LogP contribution in [0.2, 0.25) is 0 Å². The summed E-state index contributed by atoms with van der Waals surface area (Å²) in [5, 5.41) is 14.7. The first-order valence-corrected chi connectivity index (χ1v) is 8.68. The minimum absolute atomic E-state index is 0.297. The van der Waals surface area contributed by atoms with Crippen LogP contribution < -0.4 is 5.32 Å². The molecule has 0 spiro atoms. The van der Waals surface area contributed by atoms with Crippen molar-refractivity contribution in [2.24, 2.45) is 0 Å². The van der Waals surface area contributed by atoms with Gasteiger partial charge < -0.3 is 5.32 Å². The van der Waals surface area contributed by atoms with Gasteiger partial charge in [-0.05, 0) is 18.2 Å². The van der Waals surface area contributed by atoms with Gasteiger partial charge in [0.25, 0.3) is 0 Å². The molecule has 0 unspecified atom stereocenters. The van der Waals surface area contributed by atoms with Gasteiger partial charge in [-0.1, -0.05) is 46.3 Å². The fourth-order valence-electron chi connectivity index (χ4n) is 2.04. The fourth-order valence-corrected chi connectivity index (χ4v) is 3.17. The van der Waals surface area contributed by atoms with Gasteiger partial charge in [0.2, 0.25) is 0 Å². The van der Waals surface area contributed by atoms with Crippen LogP contribution in [-0.2, 0) is 0 Å². The topological polar surface area (TPSA) is 48.7 Å². The molecular weight excluding hydrogens is 389 g/mol. The van der Waals surface area contributed by atoms with Crippen molar-refractivity contribution in [2.75, 3.05) is 5.32 Å². The Morgan fingerprint density at radius 3 is 2.75 bits per heavy atom. The van der Waals surface area contributed by atoms with Crippen LogP contribution in [0.25, 0.3) is 16.8 Å². The molecule has 1 heterocycles. The number of nitriles is 1. The molecule has 0 aliphatic rings. The van der Waals surface area contributed by atoms with Crippen LogP contribution in [0, 0.1) is 17.1 Å². The molecule has 3 nitrogen and oxygen atoms in total. The van der Waals surface area contributed by atoms with Crippen LogP contribution in [0.15, 0.2) is 64.6 Å². The molecule has 0 amide bonds. The molecule has 0 saturated carbocycles. The lowest BCUT2D eigenvalue weighted by Gasteiger charge is -2.03. The van der Waals surface area contributed by atoms with Crippen LogP contribution in [-0.4, -0.2) is 4.98 Å². The summed E-state index contributed by atoms with van der Waals surface area (Å²) in [6, 6.07) is 16.5. The Morgan fingerprint density at radius 1 is 1.25 bits per heavy atom. The number of thiazole rings is 1. The number of benzene rings is 2. The molecule has 0 aliphatic carbocycles. The second kappa shape index (κ2) is 7.39. The Bertz CT molecular complexity index is 929. The van der Waals surface area contributed by atoms with Gasteiger partial charge in [0, 0.05) is 21.6 Å². The van der Waals surface area contributed by atoms with Crippen molar-refractivity contribution in [1.29, 1.82) is 5.26 Å². The van der Waals surface area contributed by atoms with E-state index in [4.69, 9.17) is 0 Å². The molecule has 24 heavy (non-hydrogen) atoms. The third-order valence-electron chi connectivity index (χ3n) is 3.23. The van der Waals surface area contributed by atoms with Crippen molar-refractivity contribution >= 4 is 38.5 Å². The molecule has 2 aromatic carbocycles. The van der Waals surface area contributed by atoms with E-state index in [0.717, 1.165) is 11.3 Å². The van der Waals surface area contributed by atoms with E-state index in [9.17, 15) is 9.65 Å². The monoisotopic (exact) mass is 399 g/mol. The highest BCUT2D eigenvalue weighted by Gasteiger charge is 2.09. The Balaban J connectivity index is 1.84. The van der Waals surface area contributed by atoms with Gasteiger partial charge in [-0.2, -0.15) is 5.26 Å². The summed E-state index contributed by atoms with van der Waals surface area (Å²) >= 11 is 4.58. The van der Waals surface area contributed by atoms with E-state index in [2.05, 4.69) is 32.3 Å². The van der Waals surface area contributed by atoms with Crippen molar-refractivity contribution in [2.45, 2.75) is 0 Å². The van der Waals surface area contributed by atoms with Gasteiger partial charge in [-0.15, -0.1) is 11.3 Å². The third kappa shape index (κ3) is 3.70. The molecule has 0 saturated heterocycles. The predicted octanol–water partition coefficient (Wildman–Crippen LogP) is 5.69. The lowest BCUT2D eigenvalue weighted by molar-refractivity contribution is 0.631. The van der Waals surface area contributed by atoms with Crippen LogP contribution in [0.3, 0.4) is 0 Å². The van der Waals surface area contributed by atoms with E-state index in [-0.39, 0.29) is 0 Å². The lowest BCUT2D eigenvalue weighted by atomic mass is 10.2. The first-order chi connectivity index (χ1) is 11.7. The van der Waals surface area contributed by atoms with Crippen molar-refractivity contribution in [3.63, 3.8) is 0 Å². The van der Waals surface area contributed by atoms with Gasteiger partial charge in [-0.25, -0.2) is 9.37 Å². The maximum atomic E-state index is 13.8. The number of aromatic nitrogens is 1. The molecule has 6 heteroatoms. The Kier molecular flexibility index (Phi) is 5.04. The van der Waals surface area contributed by atoms with E-state index in [1.165, 1.54) is 23.6 Å². The summed E-state index contributed by atoms with van der Waals surface area (Å²) in [6.45, 7) is 0. The molecule has 118 valence electrons. The van der Waals surface area contributed by atoms with E-state index >= 15 is 0 Å². The SMILES string of the molecule is N#C/C(=C/Nc1ccc(Br)cc1F)c1nc(-c2ccccc2)cs1. The summed E-state index contributed by atoms with van der Waals surface area (Å²) in [4.78, 5) is 4.49. The first kappa shape index (κ1) is 16.4. The quantitative estimate of drug-likeness (QED) is 0.573. The smallest absolute Gasteiger partial charge is 0.147 e. The van der Waals surface area contributed by atoms with Crippen LogP contribution in [0.4, 0.5) is 10.1 Å². The first-order valence-electron chi connectivity index (χ1n) is 7.00. The Labute approximate surface area is 151 Å². The molecule has 0 radical (unpaired) electrons.